The molecule has 0 spiro atoms. The van der Waals surface area contributed by atoms with E-state index in [4.69, 9.17) is 4.74 Å². The highest BCUT2D eigenvalue weighted by Gasteiger charge is 2.17. The van der Waals surface area contributed by atoms with Crippen molar-refractivity contribution in [3.8, 4) is 5.75 Å². The molecule has 3 aromatic rings. The first-order valence-electron chi connectivity index (χ1n) is 10.8. The Hall–Kier alpha value is -3.54. The van der Waals surface area contributed by atoms with Gasteiger partial charge in [0.1, 0.15) is 5.75 Å². The smallest absolute Gasteiger partial charge is 0.337 e. The van der Waals surface area contributed by atoms with Crippen LogP contribution in [-0.2, 0) is 0 Å². The van der Waals surface area contributed by atoms with Gasteiger partial charge in [-0.15, -0.1) is 0 Å². The number of nitrogens with zero attached hydrogens (tertiary/aromatic N) is 2. The minimum atomic E-state index is -0.956. The van der Waals surface area contributed by atoms with E-state index in [0.29, 0.717) is 12.2 Å². The Labute approximate surface area is 189 Å². The Morgan fingerprint density at radius 2 is 1.97 bits per heavy atom. The lowest BCUT2D eigenvalue weighted by atomic mass is 9.90. The van der Waals surface area contributed by atoms with Gasteiger partial charge in [0.2, 0.25) is 0 Å². The van der Waals surface area contributed by atoms with Gasteiger partial charge in [-0.25, -0.2) is 4.79 Å². The average molecular weight is 434 g/mol. The molecule has 0 unspecified atom stereocenters. The van der Waals surface area contributed by atoms with Crippen LogP contribution in [0.4, 0.5) is 17.1 Å². The molecule has 1 atom stereocenters. The van der Waals surface area contributed by atoms with Gasteiger partial charge in [-0.1, -0.05) is 25.5 Å². The molecular formula is C26H31N3O3. The van der Waals surface area contributed by atoms with Crippen molar-refractivity contribution in [1.29, 1.82) is 0 Å². The molecular weight excluding hydrogens is 402 g/mol. The van der Waals surface area contributed by atoms with Crippen molar-refractivity contribution < 1.29 is 14.6 Å². The maximum atomic E-state index is 11.5. The van der Waals surface area contributed by atoms with Crippen molar-refractivity contribution in [1.82, 2.24) is 4.98 Å². The molecule has 0 aliphatic rings. The molecule has 1 aromatic heterocycles. The van der Waals surface area contributed by atoms with E-state index in [1.807, 2.05) is 25.2 Å². The Bertz CT molecular complexity index is 1070. The van der Waals surface area contributed by atoms with E-state index < -0.39 is 5.97 Å². The summed E-state index contributed by atoms with van der Waals surface area (Å²) >= 11 is 0. The first-order chi connectivity index (χ1) is 15.4. The summed E-state index contributed by atoms with van der Waals surface area (Å²) in [5.74, 6) is 0.133. The fourth-order valence-electron chi connectivity index (χ4n) is 3.97. The predicted octanol–water partition coefficient (Wildman–Crippen LogP) is 5.86. The second kappa shape index (κ2) is 10.7. The van der Waals surface area contributed by atoms with Crippen LogP contribution < -0.4 is 15.0 Å². The number of hydrogen-bond donors (Lipinski definition) is 2. The minimum absolute atomic E-state index is 0.238. The molecule has 3 rings (SSSR count). The van der Waals surface area contributed by atoms with Crippen LogP contribution in [0, 0.1) is 6.92 Å². The standard InChI is InChI=1S/C26H31N3O3/c1-5-7-19(16-28-25-17-27-13-12-24(25)26(30)31)23-11-10-21(14-18(23)2)29(3)20-8-6-9-22(15-20)32-4/h6,8-15,17,19,28H,5,7,16H2,1-4H3,(H,30,31)/t19-/m0/s1. The lowest BCUT2D eigenvalue weighted by molar-refractivity contribution is 0.0697. The largest absolute Gasteiger partial charge is 0.497 e. The van der Waals surface area contributed by atoms with Crippen LogP contribution in [0.15, 0.2) is 60.9 Å². The normalized spacial score (nSPS) is 11.6. The molecule has 0 radical (unpaired) electrons. The van der Waals surface area contributed by atoms with Crippen LogP contribution in [0.25, 0.3) is 0 Å². The number of anilines is 3. The molecule has 0 aliphatic carbocycles. The summed E-state index contributed by atoms with van der Waals surface area (Å²) in [4.78, 5) is 17.7. The van der Waals surface area contributed by atoms with Gasteiger partial charge in [0.05, 0.1) is 24.6 Å². The molecule has 0 aliphatic heterocycles. The van der Waals surface area contributed by atoms with Crippen LogP contribution in [-0.4, -0.2) is 36.8 Å². The SMILES string of the molecule is CCC[C@@H](CNc1cnccc1C(=O)O)c1ccc(N(C)c2cccc(OC)c2)cc1C. The molecule has 2 aromatic carbocycles. The van der Waals surface area contributed by atoms with E-state index in [1.165, 1.54) is 23.4 Å². The third-order valence-corrected chi connectivity index (χ3v) is 5.75. The fraction of sp³-hybridized carbons (Fsp3) is 0.308. The zero-order chi connectivity index (χ0) is 23.1. The van der Waals surface area contributed by atoms with E-state index in [9.17, 15) is 9.90 Å². The lowest BCUT2D eigenvalue weighted by Crippen LogP contribution is -2.16. The molecule has 0 amide bonds. The number of aryl methyl sites for hydroxylation is 1. The number of pyridine rings is 1. The zero-order valence-corrected chi connectivity index (χ0v) is 19.1. The summed E-state index contributed by atoms with van der Waals surface area (Å²) in [6, 6.07) is 16.0. The van der Waals surface area contributed by atoms with Crippen LogP contribution in [0.3, 0.4) is 0 Å². The van der Waals surface area contributed by atoms with Crippen molar-refractivity contribution in [2.75, 3.05) is 30.9 Å². The second-order valence-electron chi connectivity index (χ2n) is 7.89. The summed E-state index contributed by atoms with van der Waals surface area (Å²) in [5, 5.41) is 12.7. The van der Waals surface area contributed by atoms with Crippen molar-refractivity contribution in [2.24, 2.45) is 0 Å². The molecule has 0 bridgehead atoms. The maximum absolute atomic E-state index is 11.5. The summed E-state index contributed by atoms with van der Waals surface area (Å²) in [6.07, 6.45) is 5.11. The molecule has 0 saturated heterocycles. The van der Waals surface area contributed by atoms with Crippen LogP contribution in [0.1, 0.15) is 47.2 Å². The van der Waals surface area contributed by atoms with Gasteiger partial charge in [0.15, 0.2) is 0 Å². The molecule has 0 fully saturated rings. The van der Waals surface area contributed by atoms with Crippen molar-refractivity contribution in [3.05, 3.63) is 77.6 Å². The minimum Gasteiger partial charge on any atom is -0.497 e. The van der Waals surface area contributed by atoms with E-state index in [0.717, 1.165) is 30.0 Å². The number of methoxy groups -OCH3 is 1. The highest BCUT2D eigenvalue weighted by Crippen LogP contribution is 2.32. The lowest BCUT2D eigenvalue weighted by Gasteiger charge is -2.24. The highest BCUT2D eigenvalue weighted by molar-refractivity contribution is 5.93. The number of benzene rings is 2. The number of hydrogen-bond acceptors (Lipinski definition) is 5. The van der Waals surface area contributed by atoms with Crippen molar-refractivity contribution in [3.63, 3.8) is 0 Å². The van der Waals surface area contributed by atoms with E-state index >= 15 is 0 Å². The molecule has 6 heteroatoms. The van der Waals surface area contributed by atoms with Gasteiger partial charge in [-0.05, 0) is 54.8 Å². The Balaban J connectivity index is 1.81. The Morgan fingerprint density at radius 3 is 2.66 bits per heavy atom. The van der Waals surface area contributed by atoms with E-state index in [1.54, 1.807) is 13.3 Å². The highest BCUT2D eigenvalue weighted by atomic mass is 16.5. The summed E-state index contributed by atoms with van der Waals surface area (Å²) in [5.41, 5.74) is 5.42. The maximum Gasteiger partial charge on any atom is 0.337 e. The molecule has 168 valence electrons. The van der Waals surface area contributed by atoms with Gasteiger partial charge < -0.3 is 20.1 Å². The first kappa shape index (κ1) is 23.1. The topological polar surface area (TPSA) is 74.7 Å². The first-order valence-corrected chi connectivity index (χ1v) is 10.8. The zero-order valence-electron chi connectivity index (χ0n) is 19.1. The van der Waals surface area contributed by atoms with Crippen molar-refractivity contribution >= 4 is 23.0 Å². The van der Waals surface area contributed by atoms with Crippen LogP contribution >= 0.6 is 0 Å². The molecule has 6 nitrogen and oxygen atoms in total. The van der Waals surface area contributed by atoms with Crippen molar-refractivity contribution in [2.45, 2.75) is 32.6 Å². The van der Waals surface area contributed by atoms with Gasteiger partial charge in [-0.2, -0.15) is 0 Å². The van der Waals surface area contributed by atoms with E-state index in [2.05, 4.69) is 53.3 Å². The third kappa shape index (κ3) is 5.38. The molecule has 32 heavy (non-hydrogen) atoms. The van der Waals surface area contributed by atoms with Crippen LogP contribution in [0.5, 0.6) is 5.75 Å². The Kier molecular flexibility index (Phi) is 7.71. The number of carbonyl (C=O) groups is 1. The number of rotatable bonds is 10. The van der Waals surface area contributed by atoms with Gasteiger partial charge in [-0.3, -0.25) is 4.98 Å². The van der Waals surface area contributed by atoms with E-state index in [-0.39, 0.29) is 11.5 Å². The number of carboxylic acids is 1. The number of aromatic carboxylic acids is 1. The van der Waals surface area contributed by atoms with Gasteiger partial charge in [0.25, 0.3) is 0 Å². The summed E-state index contributed by atoms with van der Waals surface area (Å²) < 4.78 is 5.35. The number of nitrogens with one attached hydrogen (secondary N) is 1. The fourth-order valence-corrected chi connectivity index (χ4v) is 3.97. The number of carboxylic acid groups (broad SMARTS) is 1. The van der Waals surface area contributed by atoms with Gasteiger partial charge in [0, 0.05) is 43.1 Å². The molecule has 1 heterocycles. The van der Waals surface area contributed by atoms with Gasteiger partial charge >= 0.3 is 5.97 Å². The summed E-state index contributed by atoms with van der Waals surface area (Å²) in [7, 11) is 3.72. The number of ether oxygens (including phenoxy) is 1. The Morgan fingerprint density at radius 1 is 1.19 bits per heavy atom. The second-order valence-corrected chi connectivity index (χ2v) is 7.89. The quantitative estimate of drug-likeness (QED) is 0.417. The molecule has 0 saturated carbocycles. The third-order valence-electron chi connectivity index (χ3n) is 5.75. The van der Waals surface area contributed by atoms with Crippen LogP contribution in [0.2, 0.25) is 0 Å². The average Bonchev–Trinajstić information content (AvgIpc) is 2.81. The number of aromatic nitrogens is 1. The molecule has 2 N–H and O–H groups in total. The summed E-state index contributed by atoms with van der Waals surface area (Å²) in [6.45, 7) is 4.94. The predicted molar refractivity (Wildman–Crippen MR) is 130 cm³/mol. The monoisotopic (exact) mass is 433 g/mol.